The smallest absolute Gasteiger partial charge is 0.308 e. The molecule has 0 heterocycles. The van der Waals surface area contributed by atoms with Crippen molar-refractivity contribution in [3.8, 4) is 0 Å². The van der Waals surface area contributed by atoms with Gasteiger partial charge in [-0.05, 0) is 16.3 Å². The van der Waals surface area contributed by atoms with Gasteiger partial charge in [0.2, 0.25) is 0 Å². The molecule has 1 atom stereocenters. The van der Waals surface area contributed by atoms with E-state index in [1.54, 1.807) is 0 Å². The summed E-state index contributed by atoms with van der Waals surface area (Å²) >= 11 is 0. The maximum atomic E-state index is 5.25. The van der Waals surface area contributed by atoms with E-state index < -0.39 is 5.97 Å². The lowest BCUT2D eigenvalue weighted by Gasteiger charge is -2.28. The van der Waals surface area contributed by atoms with E-state index in [9.17, 15) is 0 Å². The van der Waals surface area contributed by atoms with E-state index in [1.807, 2.05) is 6.92 Å². The minimum absolute atomic E-state index is 0.174. The number of methoxy groups -OCH3 is 2. The molecule has 0 aromatic carbocycles. The average molecular weight is 227 g/mol. The van der Waals surface area contributed by atoms with Gasteiger partial charge in [0.25, 0.3) is 0 Å². The molecule has 1 unspecified atom stereocenters. The molecule has 0 fully saturated rings. The Morgan fingerprint density at radius 2 is 2.00 bits per heavy atom. The summed E-state index contributed by atoms with van der Waals surface area (Å²) in [6.07, 6.45) is 0. The van der Waals surface area contributed by atoms with Gasteiger partial charge in [0, 0.05) is 20.8 Å². The predicted molar refractivity (Wildman–Crippen MR) is 53.4 cm³/mol. The summed E-state index contributed by atoms with van der Waals surface area (Å²) in [6, 6.07) is 0. The van der Waals surface area contributed by atoms with Crippen molar-refractivity contribution in [3.05, 3.63) is 0 Å². The second-order valence-electron chi connectivity index (χ2n) is 1.99. The van der Waals surface area contributed by atoms with Crippen molar-refractivity contribution >= 4 is 18.0 Å². The topological polar surface area (TPSA) is 49.3 Å². The van der Waals surface area contributed by atoms with Crippen LogP contribution in [0, 0.1) is 0 Å². The molecule has 5 nitrogen and oxygen atoms in total. The Morgan fingerprint density at radius 3 is 2.38 bits per heavy atom. The van der Waals surface area contributed by atoms with E-state index in [-0.39, 0.29) is 6.61 Å². The van der Waals surface area contributed by atoms with Gasteiger partial charge in [0.05, 0.1) is 0 Å². The van der Waals surface area contributed by atoms with E-state index in [0.717, 1.165) is 0 Å². The minimum Gasteiger partial charge on any atom is -0.329 e. The second kappa shape index (κ2) is 7.74. The molecule has 78 valence electrons. The number of rotatable bonds is 7. The normalized spacial score (nSPS) is 12.6. The SMILES string of the molecule is CCOC(COP=NP)(OC)OC. The quantitative estimate of drug-likeness (QED) is 0.491. The van der Waals surface area contributed by atoms with Crippen LogP contribution in [0.4, 0.5) is 0 Å². The van der Waals surface area contributed by atoms with Gasteiger partial charge in [-0.2, -0.15) is 0 Å². The molecule has 0 saturated heterocycles. The van der Waals surface area contributed by atoms with Crippen LogP contribution in [0.25, 0.3) is 0 Å². The van der Waals surface area contributed by atoms with Crippen molar-refractivity contribution in [2.75, 3.05) is 27.4 Å². The van der Waals surface area contributed by atoms with Gasteiger partial charge in [0.1, 0.15) is 6.61 Å². The summed E-state index contributed by atoms with van der Waals surface area (Å²) in [5, 5.41) is 0. The zero-order valence-electron chi connectivity index (χ0n) is 8.02. The first-order valence-corrected chi connectivity index (χ1v) is 4.99. The van der Waals surface area contributed by atoms with Crippen molar-refractivity contribution in [2.45, 2.75) is 12.9 Å². The van der Waals surface area contributed by atoms with Crippen LogP contribution in [0.15, 0.2) is 4.52 Å². The third-order valence-electron chi connectivity index (χ3n) is 1.33. The summed E-state index contributed by atoms with van der Waals surface area (Å²) in [4.78, 5) is 0. The first-order valence-electron chi connectivity index (χ1n) is 3.71. The molecule has 13 heavy (non-hydrogen) atoms. The number of ether oxygens (including phenoxy) is 3. The van der Waals surface area contributed by atoms with E-state index in [2.05, 4.69) is 13.9 Å². The lowest BCUT2D eigenvalue weighted by molar-refractivity contribution is -0.368. The molecule has 0 spiro atoms. The van der Waals surface area contributed by atoms with Crippen molar-refractivity contribution in [2.24, 2.45) is 4.52 Å². The van der Waals surface area contributed by atoms with Crippen LogP contribution < -0.4 is 0 Å². The highest BCUT2D eigenvalue weighted by molar-refractivity contribution is 7.31. The monoisotopic (exact) mass is 227 g/mol. The first kappa shape index (κ1) is 13.4. The molecular weight excluding hydrogens is 212 g/mol. The molecule has 0 aromatic heterocycles. The van der Waals surface area contributed by atoms with Gasteiger partial charge in [-0.1, -0.05) is 0 Å². The third-order valence-corrected chi connectivity index (χ3v) is 1.95. The molecule has 0 aliphatic carbocycles. The summed E-state index contributed by atoms with van der Waals surface area (Å²) < 4.78 is 24.1. The van der Waals surface area contributed by atoms with Crippen molar-refractivity contribution < 1.29 is 18.7 Å². The molecule has 0 saturated carbocycles. The van der Waals surface area contributed by atoms with Gasteiger partial charge < -0.3 is 18.7 Å². The fraction of sp³-hybridized carbons (Fsp3) is 1.00. The molecule has 0 aliphatic heterocycles. The fourth-order valence-corrected chi connectivity index (χ4v) is 1.20. The van der Waals surface area contributed by atoms with Crippen LogP contribution in [0.1, 0.15) is 6.92 Å². The van der Waals surface area contributed by atoms with Gasteiger partial charge >= 0.3 is 5.97 Å². The second-order valence-corrected chi connectivity index (χ2v) is 3.34. The first-order chi connectivity index (χ1) is 6.24. The highest BCUT2D eigenvalue weighted by Gasteiger charge is 2.31. The van der Waals surface area contributed by atoms with Gasteiger partial charge in [-0.3, -0.25) is 0 Å². The highest BCUT2D eigenvalue weighted by Crippen LogP contribution is 2.17. The highest BCUT2D eigenvalue weighted by atomic mass is 31.1. The molecule has 0 rings (SSSR count). The number of nitrogens with zero attached hydrogens (tertiary/aromatic N) is 1. The molecule has 0 amide bonds. The van der Waals surface area contributed by atoms with Gasteiger partial charge in [-0.25, -0.2) is 4.52 Å². The summed E-state index contributed by atoms with van der Waals surface area (Å²) in [5.41, 5.74) is 0. The van der Waals surface area contributed by atoms with Crippen LogP contribution >= 0.6 is 18.0 Å². The Kier molecular flexibility index (Phi) is 7.96. The standard InChI is InChI=1S/C6H15NO4P2/c1-4-10-6(8-2,9-3)5-11-13-7-12/h4-5,12H2,1-3H3. The predicted octanol–water partition coefficient (Wildman–Crippen LogP) is 1.82. The molecule has 0 radical (unpaired) electrons. The van der Waals surface area contributed by atoms with Crippen molar-refractivity contribution in [3.63, 3.8) is 0 Å². The maximum absolute atomic E-state index is 5.25. The number of hydrogen-bond acceptors (Lipinski definition) is 5. The van der Waals surface area contributed by atoms with Crippen LogP contribution in [-0.4, -0.2) is 33.4 Å². The van der Waals surface area contributed by atoms with E-state index in [4.69, 9.17) is 18.7 Å². The molecule has 0 aromatic rings. The average Bonchev–Trinajstić information content (AvgIpc) is 2.17. The molecule has 0 bridgehead atoms. The van der Waals surface area contributed by atoms with Crippen molar-refractivity contribution in [1.29, 1.82) is 0 Å². The molecular formula is C6H15NO4P2. The van der Waals surface area contributed by atoms with Gasteiger partial charge in [-0.15, -0.1) is 0 Å². The fourth-order valence-electron chi connectivity index (χ4n) is 0.722. The summed E-state index contributed by atoms with van der Waals surface area (Å²) in [7, 11) is 5.68. The molecule has 0 aliphatic rings. The minimum atomic E-state index is -1.11. The summed E-state index contributed by atoms with van der Waals surface area (Å²) in [5.74, 6) is -1.11. The van der Waals surface area contributed by atoms with Crippen molar-refractivity contribution in [1.82, 2.24) is 0 Å². The Morgan fingerprint density at radius 1 is 1.38 bits per heavy atom. The zero-order valence-corrected chi connectivity index (χ0v) is 10.1. The maximum Gasteiger partial charge on any atom is 0.308 e. The lowest BCUT2D eigenvalue weighted by atomic mass is 10.6. The van der Waals surface area contributed by atoms with Crippen LogP contribution in [0.5, 0.6) is 0 Å². The third kappa shape index (κ3) is 4.96. The Balaban J connectivity index is 4.04. The summed E-state index contributed by atoms with van der Waals surface area (Å²) in [6.45, 7) is 2.51. The zero-order chi connectivity index (χ0) is 10.2. The molecule has 7 heteroatoms. The van der Waals surface area contributed by atoms with E-state index >= 15 is 0 Å². The van der Waals surface area contributed by atoms with Gasteiger partial charge in [0.15, 0.2) is 8.60 Å². The lowest BCUT2D eigenvalue weighted by Crippen LogP contribution is -2.41. The molecule has 0 N–H and O–H groups in total. The Labute approximate surface area is 82.3 Å². The largest absolute Gasteiger partial charge is 0.329 e. The van der Waals surface area contributed by atoms with E-state index in [0.29, 0.717) is 15.2 Å². The Bertz CT molecular complexity index is 152. The van der Waals surface area contributed by atoms with Crippen LogP contribution in [0.2, 0.25) is 0 Å². The van der Waals surface area contributed by atoms with Crippen LogP contribution in [-0.2, 0) is 18.7 Å². The Hall–Kier alpha value is 0.370. The van der Waals surface area contributed by atoms with E-state index in [1.165, 1.54) is 14.2 Å². The number of hydrogen-bond donors (Lipinski definition) is 0. The van der Waals surface area contributed by atoms with Crippen LogP contribution in [0.3, 0.4) is 0 Å².